The number of carbonyl (C=O) groups excluding carboxylic acids is 1. The maximum atomic E-state index is 13.1. The van der Waals surface area contributed by atoms with Gasteiger partial charge in [0.2, 0.25) is 0 Å². The second-order valence-electron chi connectivity index (χ2n) is 5.53. The molecule has 0 radical (unpaired) electrons. The van der Waals surface area contributed by atoms with Gasteiger partial charge in [-0.05, 0) is 17.9 Å². The smallest absolute Gasteiger partial charge is 0.326 e. The van der Waals surface area contributed by atoms with Crippen molar-refractivity contribution in [1.82, 2.24) is 5.32 Å². The summed E-state index contributed by atoms with van der Waals surface area (Å²) in [4.78, 5) is 11.0. The lowest BCUT2D eigenvalue weighted by atomic mass is 9.95. The number of amides is 1. The Morgan fingerprint density at radius 3 is 2.67 bits per heavy atom. The van der Waals surface area contributed by atoms with Crippen LogP contribution in [-0.2, 0) is 11.2 Å². The highest BCUT2D eigenvalue weighted by molar-refractivity contribution is 5.86. The second kappa shape index (κ2) is 6.35. The number of hydrogen-bond donors (Lipinski definition) is 2. The lowest BCUT2D eigenvalue weighted by molar-refractivity contribution is -0.139. The molecule has 0 bridgehead atoms. The first-order valence-corrected chi connectivity index (χ1v) is 6.97. The van der Waals surface area contributed by atoms with Gasteiger partial charge in [0.05, 0.1) is 12.1 Å². The molecule has 21 heavy (non-hydrogen) atoms. The van der Waals surface area contributed by atoms with Crippen molar-refractivity contribution in [1.29, 1.82) is 0 Å². The van der Waals surface area contributed by atoms with Crippen LogP contribution >= 0.6 is 0 Å². The van der Waals surface area contributed by atoms with Crippen LogP contribution in [0.5, 0.6) is 0 Å². The summed E-state index contributed by atoms with van der Waals surface area (Å²) in [6.07, 6.45) is 2.34. The van der Waals surface area contributed by atoms with Crippen LogP contribution in [0.2, 0.25) is 0 Å². The third-order valence-electron chi connectivity index (χ3n) is 3.65. The van der Waals surface area contributed by atoms with Gasteiger partial charge in [-0.15, -0.1) is 0 Å². The molecule has 1 aliphatic rings. The summed E-state index contributed by atoms with van der Waals surface area (Å²) in [5, 5.41) is 12.2. The summed E-state index contributed by atoms with van der Waals surface area (Å²) < 4.78 is 26.1. The van der Waals surface area contributed by atoms with Gasteiger partial charge in [0, 0.05) is 6.42 Å². The Hall–Kier alpha value is -1.75. The van der Waals surface area contributed by atoms with Crippen molar-refractivity contribution < 1.29 is 18.7 Å². The van der Waals surface area contributed by atoms with E-state index in [9.17, 15) is 18.7 Å². The minimum Gasteiger partial charge on any atom is -0.389 e. The Morgan fingerprint density at radius 1 is 1.43 bits per heavy atom. The molecule has 5 heteroatoms. The number of aliphatic hydroxyl groups is 1. The van der Waals surface area contributed by atoms with Gasteiger partial charge in [-0.2, -0.15) is 8.78 Å². The largest absolute Gasteiger partial charge is 0.389 e. The Kier molecular flexibility index (Phi) is 4.73. The predicted molar refractivity (Wildman–Crippen MR) is 76.0 cm³/mol. The van der Waals surface area contributed by atoms with Crippen LogP contribution in [0.1, 0.15) is 18.9 Å². The molecular formula is C16H19F2NO2. The Labute approximate surface area is 122 Å². The summed E-state index contributed by atoms with van der Waals surface area (Å²) in [5.41, 5.74) is 1.11. The van der Waals surface area contributed by atoms with Gasteiger partial charge in [0.15, 0.2) is 0 Å². The van der Waals surface area contributed by atoms with E-state index in [0.29, 0.717) is 6.42 Å². The number of alkyl halides is 2. The fourth-order valence-electron chi connectivity index (χ4n) is 2.35. The molecule has 1 aromatic carbocycles. The third kappa shape index (κ3) is 4.11. The van der Waals surface area contributed by atoms with Crippen LogP contribution in [0, 0.1) is 5.92 Å². The van der Waals surface area contributed by atoms with E-state index in [-0.39, 0.29) is 5.92 Å². The average molecular weight is 295 g/mol. The molecule has 0 spiro atoms. The lowest BCUT2D eigenvalue weighted by Crippen LogP contribution is -2.30. The number of nitrogens with one attached hydrogen (secondary N) is 1. The lowest BCUT2D eigenvalue weighted by Gasteiger charge is -2.16. The van der Waals surface area contributed by atoms with E-state index in [4.69, 9.17) is 0 Å². The summed E-state index contributed by atoms with van der Waals surface area (Å²) in [6.45, 7) is 1.89. The number of aliphatic hydroxyl groups excluding tert-OH is 1. The first kappa shape index (κ1) is 15.6. The molecule has 1 heterocycles. The molecule has 1 saturated heterocycles. The molecule has 3 nitrogen and oxygen atoms in total. The van der Waals surface area contributed by atoms with Crippen LogP contribution in [0.3, 0.4) is 0 Å². The van der Waals surface area contributed by atoms with E-state index in [1.165, 1.54) is 12.2 Å². The van der Waals surface area contributed by atoms with Crippen LogP contribution in [-0.4, -0.2) is 29.1 Å². The van der Waals surface area contributed by atoms with Crippen molar-refractivity contribution in [2.24, 2.45) is 5.92 Å². The summed E-state index contributed by atoms with van der Waals surface area (Å²) in [5.74, 6) is -4.60. The number of carbonyl (C=O) groups is 1. The van der Waals surface area contributed by atoms with Crippen molar-refractivity contribution >= 4 is 5.91 Å². The molecule has 1 aromatic rings. The Balaban J connectivity index is 1.88. The van der Waals surface area contributed by atoms with Gasteiger partial charge in [-0.3, -0.25) is 4.79 Å². The summed E-state index contributed by atoms with van der Waals surface area (Å²) in [7, 11) is 0. The molecule has 114 valence electrons. The van der Waals surface area contributed by atoms with Crippen LogP contribution in [0.4, 0.5) is 8.78 Å². The van der Waals surface area contributed by atoms with Crippen LogP contribution < -0.4 is 5.32 Å². The highest BCUT2D eigenvalue weighted by Crippen LogP contribution is 2.27. The standard InChI is InChI=1S/C16H19F2NO2/c1-11(9-12-5-3-2-4-6-12)14(20)8-7-13-10-16(17,18)15(21)19-13/h2-8,11,13-14,20H,9-10H2,1H3,(H,19,21)/b8-7+/t11-,13-,14-/m0/s1. The number of halogens is 2. The molecule has 1 amide bonds. The van der Waals surface area contributed by atoms with Gasteiger partial charge in [0.25, 0.3) is 5.91 Å². The SMILES string of the molecule is C[C@@H](Cc1ccccc1)[C@@H](O)/C=C/[C@H]1CC(F)(F)C(=O)N1. The van der Waals surface area contributed by atoms with Crippen molar-refractivity contribution in [3.8, 4) is 0 Å². The van der Waals surface area contributed by atoms with Crippen molar-refractivity contribution in [3.63, 3.8) is 0 Å². The van der Waals surface area contributed by atoms with Crippen LogP contribution in [0.15, 0.2) is 42.5 Å². The zero-order valence-corrected chi connectivity index (χ0v) is 11.8. The summed E-state index contributed by atoms with van der Waals surface area (Å²) >= 11 is 0. The molecule has 2 rings (SSSR count). The Bertz CT molecular complexity index is 516. The maximum Gasteiger partial charge on any atom is 0.326 e. The van der Waals surface area contributed by atoms with Gasteiger partial charge >= 0.3 is 5.92 Å². The van der Waals surface area contributed by atoms with Gasteiger partial charge in [-0.1, -0.05) is 49.4 Å². The van der Waals surface area contributed by atoms with Gasteiger partial charge in [-0.25, -0.2) is 0 Å². The van der Waals surface area contributed by atoms with Crippen molar-refractivity contribution in [2.75, 3.05) is 0 Å². The molecule has 0 aromatic heterocycles. The topological polar surface area (TPSA) is 49.3 Å². The third-order valence-corrected chi connectivity index (χ3v) is 3.65. The molecule has 1 aliphatic heterocycles. The number of benzene rings is 1. The van der Waals surface area contributed by atoms with E-state index in [2.05, 4.69) is 5.32 Å². The number of hydrogen-bond acceptors (Lipinski definition) is 2. The van der Waals surface area contributed by atoms with Crippen molar-refractivity contribution in [3.05, 3.63) is 48.0 Å². The fraction of sp³-hybridized carbons (Fsp3) is 0.438. The molecule has 0 unspecified atom stereocenters. The molecule has 3 atom stereocenters. The van der Waals surface area contributed by atoms with E-state index < -0.39 is 30.4 Å². The molecular weight excluding hydrogens is 276 g/mol. The van der Waals surface area contributed by atoms with Gasteiger partial charge < -0.3 is 10.4 Å². The van der Waals surface area contributed by atoms with Crippen molar-refractivity contribution in [2.45, 2.75) is 37.8 Å². The highest BCUT2D eigenvalue weighted by Gasteiger charge is 2.47. The zero-order chi connectivity index (χ0) is 15.5. The highest BCUT2D eigenvalue weighted by atomic mass is 19.3. The molecule has 0 saturated carbocycles. The average Bonchev–Trinajstić information content (AvgIpc) is 2.70. The van der Waals surface area contributed by atoms with E-state index in [0.717, 1.165) is 5.56 Å². The zero-order valence-electron chi connectivity index (χ0n) is 11.8. The monoisotopic (exact) mass is 295 g/mol. The predicted octanol–water partition coefficient (Wildman–Crippen LogP) is 2.31. The van der Waals surface area contributed by atoms with E-state index in [1.54, 1.807) is 0 Å². The minimum absolute atomic E-state index is 0.0405. The Morgan fingerprint density at radius 2 is 2.10 bits per heavy atom. The first-order valence-electron chi connectivity index (χ1n) is 6.97. The minimum atomic E-state index is -3.31. The summed E-state index contributed by atoms with van der Waals surface area (Å²) in [6, 6.07) is 9.02. The quantitative estimate of drug-likeness (QED) is 0.819. The molecule has 1 fully saturated rings. The maximum absolute atomic E-state index is 13.1. The molecule has 0 aliphatic carbocycles. The molecule has 2 N–H and O–H groups in total. The first-order chi connectivity index (χ1) is 9.88. The van der Waals surface area contributed by atoms with Crippen LogP contribution in [0.25, 0.3) is 0 Å². The fourth-order valence-corrected chi connectivity index (χ4v) is 2.35. The van der Waals surface area contributed by atoms with E-state index >= 15 is 0 Å². The number of rotatable bonds is 5. The second-order valence-corrected chi connectivity index (χ2v) is 5.53. The van der Waals surface area contributed by atoms with Gasteiger partial charge in [0.1, 0.15) is 0 Å². The van der Waals surface area contributed by atoms with E-state index in [1.807, 2.05) is 37.3 Å². The normalized spacial score (nSPS) is 24.0.